The summed E-state index contributed by atoms with van der Waals surface area (Å²) in [6.07, 6.45) is 0. The predicted octanol–water partition coefficient (Wildman–Crippen LogP) is 3.38. The minimum Gasteiger partial charge on any atom is -0.380 e. The van der Waals surface area contributed by atoms with Gasteiger partial charge in [-0.05, 0) is 5.56 Å². The molecule has 0 N–H and O–H groups in total. The maximum Gasteiger partial charge on any atom is 0.196 e. The number of aromatic nitrogens is 1. The number of rotatable bonds is 5. The first-order chi connectivity index (χ1) is 8.74. The number of halogens is 1. The molecule has 0 aliphatic heterocycles. The zero-order valence-corrected chi connectivity index (χ0v) is 11.4. The highest BCUT2D eigenvalue weighted by Gasteiger charge is 2.10. The van der Waals surface area contributed by atoms with Crippen molar-refractivity contribution in [1.82, 2.24) is 4.98 Å². The average molecular weight is 282 g/mol. The Morgan fingerprint density at radius 3 is 2.72 bits per heavy atom. The Labute approximate surface area is 114 Å². The summed E-state index contributed by atoms with van der Waals surface area (Å²) < 4.78 is 5.05. The molecule has 1 heterocycles. The van der Waals surface area contributed by atoms with Gasteiger partial charge < -0.3 is 4.74 Å². The van der Waals surface area contributed by atoms with E-state index < -0.39 is 0 Å². The van der Waals surface area contributed by atoms with Crippen LogP contribution in [-0.2, 0) is 11.3 Å². The van der Waals surface area contributed by atoms with Gasteiger partial charge in [-0.3, -0.25) is 4.79 Å². The van der Waals surface area contributed by atoms with Gasteiger partial charge in [0.25, 0.3) is 0 Å². The Morgan fingerprint density at radius 2 is 2.11 bits per heavy atom. The summed E-state index contributed by atoms with van der Waals surface area (Å²) in [4.78, 5) is 15.7. The van der Waals surface area contributed by atoms with Gasteiger partial charge in [0.2, 0.25) is 0 Å². The first-order valence-corrected chi connectivity index (χ1v) is 6.79. The van der Waals surface area contributed by atoms with Crippen LogP contribution < -0.4 is 0 Å². The minimum atomic E-state index is -0.143. The van der Waals surface area contributed by atoms with E-state index in [1.807, 2.05) is 24.3 Å². The van der Waals surface area contributed by atoms with E-state index in [4.69, 9.17) is 16.3 Å². The fraction of sp³-hybridized carbons (Fsp3) is 0.231. The quantitative estimate of drug-likeness (QED) is 0.623. The molecule has 1 aromatic carbocycles. The topological polar surface area (TPSA) is 39.2 Å². The average Bonchev–Trinajstić information content (AvgIpc) is 2.89. The van der Waals surface area contributed by atoms with E-state index in [1.54, 1.807) is 12.5 Å². The van der Waals surface area contributed by atoms with Gasteiger partial charge in [0, 0.05) is 18.1 Å². The molecule has 0 saturated carbocycles. The van der Waals surface area contributed by atoms with Crippen molar-refractivity contribution >= 4 is 28.7 Å². The number of thiazole rings is 1. The number of benzene rings is 1. The Hall–Kier alpha value is -1.23. The van der Waals surface area contributed by atoms with Crippen molar-refractivity contribution in [3.63, 3.8) is 0 Å². The van der Waals surface area contributed by atoms with Crippen LogP contribution in [0.25, 0.3) is 10.6 Å². The molecule has 0 unspecified atom stereocenters. The van der Waals surface area contributed by atoms with Crippen LogP contribution in [0.2, 0.25) is 0 Å². The number of carbonyl (C=O) groups excluding carboxylic acids is 1. The maximum absolute atomic E-state index is 11.4. The lowest BCUT2D eigenvalue weighted by atomic mass is 10.1. The molecule has 0 aliphatic rings. The van der Waals surface area contributed by atoms with Gasteiger partial charge in [0.15, 0.2) is 5.78 Å². The van der Waals surface area contributed by atoms with Gasteiger partial charge in [-0.1, -0.05) is 24.3 Å². The Bertz CT molecular complexity index is 536. The van der Waals surface area contributed by atoms with Gasteiger partial charge in [-0.15, -0.1) is 22.9 Å². The lowest BCUT2D eigenvalue weighted by Gasteiger charge is -2.00. The van der Waals surface area contributed by atoms with E-state index in [-0.39, 0.29) is 11.7 Å². The highest BCUT2D eigenvalue weighted by atomic mass is 35.5. The maximum atomic E-state index is 11.4. The van der Waals surface area contributed by atoms with Crippen molar-refractivity contribution in [2.75, 3.05) is 13.0 Å². The lowest BCUT2D eigenvalue weighted by Crippen LogP contribution is -2.00. The molecular formula is C13H12ClNO2S. The zero-order valence-electron chi connectivity index (χ0n) is 9.85. The smallest absolute Gasteiger partial charge is 0.196 e. The molecule has 0 bridgehead atoms. The second-order valence-corrected chi connectivity index (χ2v) is 4.85. The third-order valence-corrected chi connectivity index (χ3v) is 3.56. The molecule has 0 spiro atoms. The number of alkyl halides is 1. The summed E-state index contributed by atoms with van der Waals surface area (Å²) in [5, 5.41) is 2.57. The highest BCUT2D eigenvalue weighted by Crippen LogP contribution is 2.24. The number of nitrogens with zero attached hydrogens (tertiary/aromatic N) is 1. The highest BCUT2D eigenvalue weighted by molar-refractivity contribution is 7.13. The van der Waals surface area contributed by atoms with E-state index in [9.17, 15) is 4.79 Å². The molecule has 2 aromatic rings. The molecule has 0 amide bonds. The normalized spacial score (nSPS) is 10.6. The van der Waals surface area contributed by atoms with E-state index in [2.05, 4.69) is 4.98 Å². The van der Waals surface area contributed by atoms with Crippen LogP contribution in [0.3, 0.4) is 0 Å². The van der Waals surface area contributed by atoms with Crippen molar-refractivity contribution in [3.8, 4) is 10.6 Å². The Morgan fingerprint density at radius 1 is 1.39 bits per heavy atom. The second kappa shape index (κ2) is 6.09. The van der Waals surface area contributed by atoms with Crippen LogP contribution in [0.15, 0.2) is 29.6 Å². The van der Waals surface area contributed by atoms with Crippen LogP contribution in [-0.4, -0.2) is 23.8 Å². The van der Waals surface area contributed by atoms with E-state index >= 15 is 0 Å². The van der Waals surface area contributed by atoms with E-state index in [0.29, 0.717) is 12.3 Å². The van der Waals surface area contributed by atoms with Crippen molar-refractivity contribution in [3.05, 3.63) is 40.9 Å². The van der Waals surface area contributed by atoms with Crippen molar-refractivity contribution in [2.24, 2.45) is 0 Å². The summed E-state index contributed by atoms with van der Waals surface area (Å²) in [7, 11) is 1.67. The molecule has 0 aliphatic carbocycles. The molecule has 3 nitrogen and oxygen atoms in total. The van der Waals surface area contributed by atoms with E-state index in [1.165, 1.54) is 11.3 Å². The summed E-state index contributed by atoms with van der Waals surface area (Å²) >= 11 is 6.94. The molecule has 1 aromatic heterocycles. The number of Topliss-reactive ketones (excluding diaryl/α,β-unsaturated/α-hetero) is 1. The molecule has 0 saturated heterocycles. The molecule has 0 atom stereocenters. The first kappa shape index (κ1) is 13.2. The molecule has 5 heteroatoms. The Balaban J connectivity index is 2.20. The van der Waals surface area contributed by atoms with Gasteiger partial charge in [-0.25, -0.2) is 4.98 Å². The summed E-state index contributed by atoms with van der Waals surface area (Å²) in [6.45, 7) is 0.591. The largest absolute Gasteiger partial charge is 0.380 e. The van der Waals surface area contributed by atoms with Crippen molar-refractivity contribution < 1.29 is 9.53 Å². The first-order valence-electron chi connectivity index (χ1n) is 5.37. The number of ketones is 1. The minimum absolute atomic E-state index is 0.0318. The van der Waals surface area contributed by atoms with Crippen LogP contribution in [0, 0.1) is 0 Å². The van der Waals surface area contributed by atoms with Crippen LogP contribution in [0.5, 0.6) is 0 Å². The number of carbonyl (C=O) groups is 1. The van der Waals surface area contributed by atoms with Crippen LogP contribution in [0.1, 0.15) is 16.1 Å². The Kier molecular flexibility index (Phi) is 4.47. The van der Waals surface area contributed by atoms with Gasteiger partial charge in [0.1, 0.15) is 10.7 Å². The molecular weight excluding hydrogens is 270 g/mol. The number of hydrogen-bond acceptors (Lipinski definition) is 4. The summed E-state index contributed by atoms with van der Waals surface area (Å²) in [5.41, 5.74) is 2.54. The molecule has 0 radical (unpaired) electrons. The van der Waals surface area contributed by atoms with Crippen molar-refractivity contribution in [2.45, 2.75) is 6.61 Å². The van der Waals surface area contributed by atoms with Crippen molar-refractivity contribution in [1.29, 1.82) is 0 Å². The molecule has 94 valence electrons. The standard InChI is InChI=1S/C13H12ClNO2S/c1-17-7-9-2-4-10(5-3-9)13-15-11(8-18-13)12(16)6-14/h2-5,8H,6-7H2,1H3. The monoisotopic (exact) mass is 281 g/mol. The molecule has 0 fully saturated rings. The number of methoxy groups -OCH3 is 1. The number of hydrogen-bond donors (Lipinski definition) is 0. The van der Waals surface area contributed by atoms with Gasteiger partial charge in [0.05, 0.1) is 12.5 Å². The van der Waals surface area contributed by atoms with Crippen LogP contribution >= 0.6 is 22.9 Å². The van der Waals surface area contributed by atoms with Crippen LogP contribution in [0.4, 0.5) is 0 Å². The van der Waals surface area contributed by atoms with Gasteiger partial charge in [-0.2, -0.15) is 0 Å². The fourth-order valence-electron chi connectivity index (χ4n) is 1.51. The summed E-state index contributed by atoms with van der Waals surface area (Å²) in [5.74, 6) is -0.175. The number of ether oxygens (including phenoxy) is 1. The molecule has 18 heavy (non-hydrogen) atoms. The predicted molar refractivity (Wildman–Crippen MR) is 73.3 cm³/mol. The second-order valence-electron chi connectivity index (χ2n) is 3.72. The SMILES string of the molecule is COCc1ccc(-c2nc(C(=O)CCl)cs2)cc1. The zero-order chi connectivity index (χ0) is 13.0. The molecule has 2 rings (SSSR count). The third-order valence-electron chi connectivity index (χ3n) is 2.42. The third kappa shape index (κ3) is 2.96. The van der Waals surface area contributed by atoms with E-state index in [0.717, 1.165) is 16.1 Å². The lowest BCUT2D eigenvalue weighted by molar-refractivity contribution is 0.101. The van der Waals surface area contributed by atoms with Gasteiger partial charge >= 0.3 is 0 Å². The fourth-order valence-corrected chi connectivity index (χ4v) is 2.48. The summed E-state index contributed by atoms with van der Waals surface area (Å²) in [6, 6.07) is 7.93.